The Kier molecular flexibility index (Phi) is 4.60. The molecule has 1 unspecified atom stereocenters. The molecule has 7 heteroatoms. The molecular formula is C9H13NO5S. The van der Waals surface area contributed by atoms with E-state index in [0.717, 1.165) is 16.7 Å². The highest BCUT2D eigenvalue weighted by Gasteiger charge is 2.28. The van der Waals surface area contributed by atoms with Gasteiger partial charge >= 0.3 is 12.1 Å². The van der Waals surface area contributed by atoms with Crippen molar-refractivity contribution in [3.05, 3.63) is 0 Å². The highest BCUT2D eigenvalue weighted by molar-refractivity contribution is 8.00. The predicted octanol–water partition coefficient (Wildman–Crippen LogP) is 0.909. The first kappa shape index (κ1) is 12.8. The number of thioether (sulfide) groups is 1. The molecule has 90 valence electrons. The lowest BCUT2D eigenvalue weighted by molar-refractivity contribution is -0.134. The number of hydrogen-bond donors (Lipinski definition) is 1. The van der Waals surface area contributed by atoms with Gasteiger partial charge in [0.25, 0.3) is 0 Å². The zero-order valence-corrected chi connectivity index (χ0v) is 9.66. The summed E-state index contributed by atoms with van der Waals surface area (Å²) in [6, 6.07) is 0. The first-order valence-corrected chi connectivity index (χ1v) is 5.90. The average molecular weight is 247 g/mol. The fraction of sp³-hybridized carbons (Fsp3) is 0.667. The number of carbonyl (C=O) groups excluding carboxylic acids is 2. The lowest BCUT2D eigenvalue weighted by Crippen LogP contribution is -2.34. The summed E-state index contributed by atoms with van der Waals surface area (Å²) in [5.41, 5.74) is -0.572. The van der Waals surface area contributed by atoms with Crippen LogP contribution in [0.15, 0.2) is 0 Å². The minimum Gasteiger partial charge on any atom is -0.481 e. The SMILES string of the molecule is CC(OC(=O)N1CCCC1=O)SCC(=O)O. The second kappa shape index (κ2) is 5.74. The predicted molar refractivity (Wildman–Crippen MR) is 57.0 cm³/mol. The number of aliphatic carboxylic acids is 1. The molecule has 16 heavy (non-hydrogen) atoms. The summed E-state index contributed by atoms with van der Waals surface area (Å²) in [6.07, 6.45) is 0.337. The molecule has 0 aromatic rings. The van der Waals surface area contributed by atoms with Gasteiger partial charge in [-0.15, -0.1) is 11.8 Å². The van der Waals surface area contributed by atoms with Gasteiger partial charge in [-0.05, 0) is 13.3 Å². The number of hydrogen-bond acceptors (Lipinski definition) is 5. The molecule has 0 bridgehead atoms. The Balaban J connectivity index is 2.33. The maximum absolute atomic E-state index is 11.4. The number of imide groups is 1. The fourth-order valence-electron chi connectivity index (χ4n) is 1.27. The second-order valence-electron chi connectivity index (χ2n) is 3.31. The van der Waals surface area contributed by atoms with Crippen molar-refractivity contribution in [2.24, 2.45) is 0 Å². The smallest absolute Gasteiger partial charge is 0.417 e. The van der Waals surface area contributed by atoms with E-state index in [1.54, 1.807) is 6.92 Å². The summed E-state index contributed by atoms with van der Waals surface area (Å²) < 4.78 is 4.92. The molecule has 1 fully saturated rings. The molecule has 1 aliphatic heterocycles. The Bertz CT molecular complexity index is 306. The first-order valence-electron chi connectivity index (χ1n) is 4.85. The molecule has 1 rings (SSSR count). The van der Waals surface area contributed by atoms with E-state index in [1.807, 2.05) is 0 Å². The van der Waals surface area contributed by atoms with Gasteiger partial charge in [-0.25, -0.2) is 9.69 Å². The van der Waals surface area contributed by atoms with Crippen molar-refractivity contribution in [3.63, 3.8) is 0 Å². The minimum absolute atomic E-state index is 0.137. The number of likely N-dealkylation sites (tertiary alicyclic amines) is 1. The largest absolute Gasteiger partial charge is 0.481 e. The second-order valence-corrected chi connectivity index (χ2v) is 4.59. The van der Waals surface area contributed by atoms with Crippen LogP contribution >= 0.6 is 11.8 Å². The van der Waals surface area contributed by atoms with Crippen molar-refractivity contribution in [2.45, 2.75) is 25.2 Å². The van der Waals surface area contributed by atoms with Gasteiger partial charge in [-0.2, -0.15) is 0 Å². The molecule has 0 aromatic heterocycles. The van der Waals surface area contributed by atoms with Crippen LogP contribution in [-0.4, -0.2) is 45.7 Å². The van der Waals surface area contributed by atoms with Gasteiger partial charge in [-0.1, -0.05) is 0 Å². The van der Waals surface area contributed by atoms with Crippen LogP contribution in [0, 0.1) is 0 Å². The number of carboxylic acid groups (broad SMARTS) is 1. The van der Waals surface area contributed by atoms with Gasteiger partial charge in [-0.3, -0.25) is 9.59 Å². The Morgan fingerprint density at radius 2 is 2.31 bits per heavy atom. The quantitative estimate of drug-likeness (QED) is 0.743. The van der Waals surface area contributed by atoms with Crippen LogP contribution in [0.25, 0.3) is 0 Å². The highest BCUT2D eigenvalue weighted by atomic mass is 32.2. The zero-order valence-electron chi connectivity index (χ0n) is 8.84. The number of nitrogens with zero attached hydrogens (tertiary/aromatic N) is 1. The molecule has 0 spiro atoms. The van der Waals surface area contributed by atoms with Crippen LogP contribution in [0.3, 0.4) is 0 Å². The van der Waals surface area contributed by atoms with E-state index in [0.29, 0.717) is 19.4 Å². The molecule has 0 radical (unpaired) electrons. The van der Waals surface area contributed by atoms with E-state index in [4.69, 9.17) is 9.84 Å². The molecule has 2 amide bonds. The molecule has 1 saturated heterocycles. The van der Waals surface area contributed by atoms with Gasteiger partial charge in [0, 0.05) is 13.0 Å². The van der Waals surface area contributed by atoms with Crippen LogP contribution in [0.5, 0.6) is 0 Å². The Hall–Kier alpha value is -1.24. The van der Waals surface area contributed by atoms with E-state index in [9.17, 15) is 14.4 Å². The van der Waals surface area contributed by atoms with Crippen LogP contribution < -0.4 is 0 Å². The van der Waals surface area contributed by atoms with E-state index >= 15 is 0 Å². The van der Waals surface area contributed by atoms with Gasteiger partial charge in [0.05, 0.1) is 5.75 Å². The summed E-state index contributed by atoms with van der Waals surface area (Å²) in [5, 5.41) is 8.42. The van der Waals surface area contributed by atoms with E-state index < -0.39 is 17.5 Å². The summed E-state index contributed by atoms with van der Waals surface area (Å²) in [6.45, 7) is 1.96. The Morgan fingerprint density at radius 3 is 2.81 bits per heavy atom. The van der Waals surface area contributed by atoms with Crippen molar-refractivity contribution in [1.29, 1.82) is 0 Å². The normalized spacial score (nSPS) is 17.3. The average Bonchev–Trinajstić information content (AvgIpc) is 2.61. The van der Waals surface area contributed by atoms with E-state index in [1.165, 1.54) is 0 Å². The Labute approximate surface area is 96.9 Å². The van der Waals surface area contributed by atoms with E-state index in [-0.39, 0.29) is 11.7 Å². The lowest BCUT2D eigenvalue weighted by Gasteiger charge is -2.17. The molecule has 1 N–H and O–H groups in total. The molecule has 1 aliphatic rings. The summed E-state index contributed by atoms with van der Waals surface area (Å²) >= 11 is 0.992. The summed E-state index contributed by atoms with van der Waals surface area (Å²) in [7, 11) is 0. The van der Waals surface area contributed by atoms with Crippen molar-refractivity contribution < 1.29 is 24.2 Å². The van der Waals surface area contributed by atoms with Crippen LogP contribution in [0.1, 0.15) is 19.8 Å². The lowest BCUT2D eigenvalue weighted by atomic mass is 10.4. The molecule has 0 aromatic carbocycles. The molecule has 1 atom stereocenters. The number of ether oxygens (including phenoxy) is 1. The number of amides is 2. The summed E-state index contributed by atoms with van der Waals surface area (Å²) in [4.78, 5) is 33.9. The molecule has 0 aliphatic carbocycles. The maximum Gasteiger partial charge on any atom is 0.417 e. The van der Waals surface area contributed by atoms with Crippen molar-refractivity contribution in [1.82, 2.24) is 4.90 Å². The van der Waals surface area contributed by atoms with E-state index in [2.05, 4.69) is 0 Å². The zero-order chi connectivity index (χ0) is 12.1. The number of carboxylic acids is 1. The third kappa shape index (κ3) is 3.73. The number of carbonyl (C=O) groups is 3. The van der Waals surface area contributed by atoms with Crippen LogP contribution in [0.2, 0.25) is 0 Å². The van der Waals surface area contributed by atoms with Gasteiger partial charge in [0.15, 0.2) is 0 Å². The topological polar surface area (TPSA) is 83.9 Å². The monoisotopic (exact) mass is 247 g/mol. The molecular weight excluding hydrogens is 234 g/mol. The third-order valence-corrected chi connectivity index (χ3v) is 2.98. The highest BCUT2D eigenvalue weighted by Crippen LogP contribution is 2.16. The molecule has 6 nitrogen and oxygen atoms in total. The molecule has 1 heterocycles. The van der Waals surface area contributed by atoms with Gasteiger partial charge < -0.3 is 9.84 Å². The van der Waals surface area contributed by atoms with Crippen molar-refractivity contribution in [2.75, 3.05) is 12.3 Å². The molecule has 0 saturated carbocycles. The van der Waals surface area contributed by atoms with Gasteiger partial charge in [0.1, 0.15) is 5.44 Å². The van der Waals surface area contributed by atoms with Crippen molar-refractivity contribution in [3.8, 4) is 0 Å². The first-order chi connectivity index (χ1) is 7.50. The number of rotatable bonds is 4. The van der Waals surface area contributed by atoms with Crippen molar-refractivity contribution >= 4 is 29.7 Å². The van der Waals surface area contributed by atoms with Gasteiger partial charge in [0.2, 0.25) is 5.91 Å². The standard InChI is InChI=1S/C9H13NO5S/c1-6(16-5-8(12)13)15-9(14)10-4-2-3-7(10)11/h6H,2-5H2,1H3,(H,12,13). The fourth-order valence-corrected chi connectivity index (χ4v) is 1.80. The van der Waals surface area contributed by atoms with Crippen LogP contribution in [0.4, 0.5) is 4.79 Å². The maximum atomic E-state index is 11.4. The Morgan fingerprint density at radius 1 is 1.62 bits per heavy atom. The summed E-state index contributed by atoms with van der Waals surface area (Å²) in [5.74, 6) is -1.34. The van der Waals surface area contributed by atoms with Crippen LogP contribution in [-0.2, 0) is 14.3 Å². The third-order valence-electron chi connectivity index (χ3n) is 2.00. The minimum atomic E-state index is -0.967.